The molecule has 0 atom stereocenters. The van der Waals surface area contributed by atoms with Gasteiger partial charge in [-0.15, -0.1) is 0 Å². The molecule has 14 heteroatoms. The number of H-pyrrole nitrogens is 1. The van der Waals surface area contributed by atoms with Gasteiger partial charge in [0.15, 0.2) is 5.65 Å². The second-order valence-corrected chi connectivity index (χ2v) is 10.2. The van der Waals surface area contributed by atoms with Crippen molar-refractivity contribution in [3.8, 4) is 11.4 Å². The minimum absolute atomic E-state index is 0.100. The highest BCUT2D eigenvalue weighted by molar-refractivity contribution is 6.05. The van der Waals surface area contributed by atoms with Crippen LogP contribution in [0, 0.1) is 5.95 Å². The van der Waals surface area contributed by atoms with Gasteiger partial charge in [0.1, 0.15) is 17.2 Å². The number of pyridine rings is 2. The summed E-state index contributed by atoms with van der Waals surface area (Å²) in [5, 5.41) is 0. The number of amides is 2. The van der Waals surface area contributed by atoms with E-state index in [0.29, 0.717) is 49.6 Å². The molecule has 2 amide bonds. The standard InChI is InChI=1S/C29H33FN8O5/c1-3-11-38-28(41)24-26(37(29(38)42)15-16-43-2)34-25(33-24)19-8-10-22(32-17-19)36(14-5-13-35-12-4-6-23(35)39)27(40)20-7-9-21(30)31-18-20/h7-10,17-18H,3-6,11-16H2,1-2H3,(H,33,34). The number of fused-ring (bicyclic) bond motifs is 1. The molecule has 43 heavy (non-hydrogen) atoms. The molecule has 226 valence electrons. The molecule has 1 aliphatic rings. The van der Waals surface area contributed by atoms with Crippen molar-refractivity contribution in [2.75, 3.05) is 38.3 Å². The number of ether oxygens (including phenoxy) is 1. The van der Waals surface area contributed by atoms with Gasteiger partial charge in [0.05, 0.1) is 18.7 Å². The number of imidazole rings is 1. The first-order valence-electron chi connectivity index (χ1n) is 14.2. The Morgan fingerprint density at radius 3 is 2.56 bits per heavy atom. The highest BCUT2D eigenvalue weighted by atomic mass is 19.1. The molecule has 5 heterocycles. The predicted molar refractivity (Wildman–Crippen MR) is 156 cm³/mol. The van der Waals surface area contributed by atoms with Crippen molar-refractivity contribution in [2.45, 2.75) is 45.7 Å². The summed E-state index contributed by atoms with van der Waals surface area (Å²) in [5.41, 5.74) is 0.226. The Balaban J connectivity index is 1.46. The first-order valence-corrected chi connectivity index (χ1v) is 14.2. The molecular weight excluding hydrogens is 559 g/mol. The highest BCUT2D eigenvalue weighted by Gasteiger charge is 2.23. The smallest absolute Gasteiger partial charge is 0.332 e. The predicted octanol–water partition coefficient (Wildman–Crippen LogP) is 2.20. The highest BCUT2D eigenvalue weighted by Crippen LogP contribution is 2.22. The molecule has 4 aromatic rings. The van der Waals surface area contributed by atoms with Gasteiger partial charge in [-0.05, 0) is 43.5 Å². The number of anilines is 1. The summed E-state index contributed by atoms with van der Waals surface area (Å²) in [5.74, 6) is -0.340. The molecule has 1 saturated heterocycles. The lowest BCUT2D eigenvalue weighted by atomic mass is 10.2. The number of rotatable bonds is 12. The Kier molecular flexibility index (Phi) is 9.04. The fourth-order valence-electron chi connectivity index (χ4n) is 5.13. The number of aromatic nitrogens is 6. The maximum Gasteiger partial charge on any atom is 0.332 e. The van der Waals surface area contributed by atoms with Gasteiger partial charge < -0.3 is 14.6 Å². The fraction of sp³-hybridized carbons (Fsp3) is 0.414. The molecule has 1 aliphatic heterocycles. The van der Waals surface area contributed by atoms with E-state index in [0.717, 1.165) is 12.5 Å². The van der Waals surface area contributed by atoms with Crippen LogP contribution in [-0.4, -0.2) is 79.1 Å². The summed E-state index contributed by atoms with van der Waals surface area (Å²) >= 11 is 0. The largest absolute Gasteiger partial charge is 0.383 e. The van der Waals surface area contributed by atoms with Crippen molar-refractivity contribution in [1.29, 1.82) is 0 Å². The molecule has 4 aromatic heterocycles. The maximum absolute atomic E-state index is 13.4. The van der Waals surface area contributed by atoms with E-state index in [1.165, 1.54) is 39.6 Å². The zero-order valence-electron chi connectivity index (χ0n) is 24.1. The minimum atomic E-state index is -0.696. The summed E-state index contributed by atoms with van der Waals surface area (Å²) in [6.45, 7) is 4.09. The molecule has 0 aromatic carbocycles. The van der Waals surface area contributed by atoms with Crippen molar-refractivity contribution in [3.63, 3.8) is 0 Å². The van der Waals surface area contributed by atoms with Crippen LogP contribution in [0.1, 0.15) is 43.0 Å². The van der Waals surface area contributed by atoms with Gasteiger partial charge >= 0.3 is 5.69 Å². The molecular formula is C29H33FN8O5. The molecule has 13 nitrogen and oxygen atoms in total. The van der Waals surface area contributed by atoms with Crippen LogP contribution in [0.5, 0.6) is 0 Å². The van der Waals surface area contributed by atoms with Gasteiger partial charge in [-0.2, -0.15) is 4.39 Å². The molecule has 0 spiro atoms. The van der Waals surface area contributed by atoms with Gasteiger partial charge in [0, 0.05) is 57.7 Å². The normalized spacial score (nSPS) is 13.3. The van der Waals surface area contributed by atoms with Crippen LogP contribution in [0.2, 0.25) is 0 Å². The minimum Gasteiger partial charge on any atom is -0.383 e. The molecule has 1 N–H and O–H groups in total. The number of nitrogens with one attached hydrogen (secondary N) is 1. The molecule has 5 rings (SSSR count). The van der Waals surface area contributed by atoms with E-state index in [9.17, 15) is 23.6 Å². The van der Waals surface area contributed by atoms with E-state index in [-0.39, 0.29) is 48.9 Å². The summed E-state index contributed by atoms with van der Waals surface area (Å²) in [6.07, 6.45) is 5.16. The number of carbonyl (C=O) groups excluding carboxylic acids is 2. The number of aromatic amines is 1. The van der Waals surface area contributed by atoms with Crippen LogP contribution >= 0.6 is 0 Å². The first kappa shape index (κ1) is 29.8. The Morgan fingerprint density at radius 1 is 1.07 bits per heavy atom. The number of hydrogen-bond donors (Lipinski definition) is 1. The lowest BCUT2D eigenvalue weighted by Gasteiger charge is -2.23. The number of nitrogens with zero attached hydrogens (tertiary/aromatic N) is 7. The lowest BCUT2D eigenvalue weighted by molar-refractivity contribution is -0.127. The molecule has 0 saturated carbocycles. The van der Waals surface area contributed by atoms with Crippen molar-refractivity contribution in [1.82, 2.24) is 34.0 Å². The average molecular weight is 593 g/mol. The van der Waals surface area contributed by atoms with Crippen LogP contribution in [0.15, 0.2) is 46.2 Å². The van der Waals surface area contributed by atoms with E-state index in [1.54, 1.807) is 17.0 Å². The third kappa shape index (κ3) is 6.23. The molecule has 0 radical (unpaired) electrons. The SMILES string of the molecule is CCCn1c(=O)c2[nH]c(-c3ccc(N(CCCN4CCCC4=O)C(=O)c4ccc(F)nc4)nc3)nc2n(CCOC)c1=O. The van der Waals surface area contributed by atoms with Crippen molar-refractivity contribution < 1.29 is 18.7 Å². The lowest BCUT2D eigenvalue weighted by Crippen LogP contribution is -2.40. The van der Waals surface area contributed by atoms with Gasteiger partial charge in [-0.3, -0.25) is 28.4 Å². The van der Waals surface area contributed by atoms with E-state index < -0.39 is 23.1 Å². The quantitative estimate of drug-likeness (QED) is 0.246. The molecule has 0 bridgehead atoms. The second-order valence-electron chi connectivity index (χ2n) is 10.2. The van der Waals surface area contributed by atoms with Crippen molar-refractivity contribution >= 4 is 28.8 Å². The Hall–Kier alpha value is -4.72. The van der Waals surface area contributed by atoms with Crippen LogP contribution in [0.4, 0.5) is 10.2 Å². The number of hydrogen-bond acceptors (Lipinski definition) is 8. The van der Waals surface area contributed by atoms with E-state index in [4.69, 9.17) is 4.74 Å². The van der Waals surface area contributed by atoms with Crippen molar-refractivity contribution in [2.24, 2.45) is 0 Å². The maximum atomic E-state index is 13.4. The van der Waals surface area contributed by atoms with Crippen LogP contribution in [0.3, 0.4) is 0 Å². The summed E-state index contributed by atoms with van der Waals surface area (Å²) in [7, 11) is 1.53. The van der Waals surface area contributed by atoms with E-state index in [1.807, 2.05) is 6.92 Å². The zero-order chi connectivity index (χ0) is 30.5. The van der Waals surface area contributed by atoms with Gasteiger partial charge in [-0.1, -0.05) is 6.92 Å². The van der Waals surface area contributed by atoms with E-state index in [2.05, 4.69) is 19.9 Å². The Labute approximate surface area is 246 Å². The monoisotopic (exact) mass is 592 g/mol. The van der Waals surface area contributed by atoms with Crippen LogP contribution in [-0.2, 0) is 22.6 Å². The van der Waals surface area contributed by atoms with Gasteiger partial charge in [-0.25, -0.2) is 19.7 Å². The van der Waals surface area contributed by atoms with Gasteiger partial charge in [0.25, 0.3) is 11.5 Å². The number of likely N-dealkylation sites (tertiary alicyclic amines) is 1. The first-order chi connectivity index (χ1) is 20.8. The number of halogens is 1. The average Bonchev–Trinajstić information content (AvgIpc) is 3.64. The summed E-state index contributed by atoms with van der Waals surface area (Å²) in [4.78, 5) is 70.7. The third-order valence-electron chi connectivity index (χ3n) is 7.33. The van der Waals surface area contributed by atoms with Crippen molar-refractivity contribution in [3.05, 3.63) is 69.0 Å². The topological polar surface area (TPSA) is 148 Å². The Bertz CT molecular complexity index is 1730. The summed E-state index contributed by atoms with van der Waals surface area (Å²) in [6, 6.07) is 5.83. The summed E-state index contributed by atoms with van der Waals surface area (Å²) < 4.78 is 21.2. The fourth-order valence-corrected chi connectivity index (χ4v) is 5.13. The van der Waals surface area contributed by atoms with Crippen LogP contribution < -0.4 is 16.1 Å². The van der Waals surface area contributed by atoms with Crippen LogP contribution in [0.25, 0.3) is 22.6 Å². The zero-order valence-corrected chi connectivity index (χ0v) is 24.1. The van der Waals surface area contributed by atoms with E-state index >= 15 is 0 Å². The molecule has 0 aliphatic carbocycles. The number of carbonyl (C=O) groups is 2. The Morgan fingerprint density at radius 2 is 1.91 bits per heavy atom. The van der Waals surface area contributed by atoms with Gasteiger partial charge in [0.2, 0.25) is 11.9 Å². The molecule has 1 fully saturated rings. The number of methoxy groups -OCH3 is 1. The second kappa shape index (κ2) is 13.1. The molecule has 0 unspecified atom stereocenters. The third-order valence-corrected chi connectivity index (χ3v) is 7.33.